The Morgan fingerprint density at radius 2 is 1.14 bits per heavy atom. The van der Waals surface area contributed by atoms with E-state index in [1.807, 2.05) is 6.92 Å². The Kier molecular flexibility index (Phi) is 18.6. The van der Waals surface area contributed by atoms with Crippen molar-refractivity contribution < 1.29 is 9.53 Å². The van der Waals surface area contributed by atoms with Gasteiger partial charge in [0, 0.05) is 6.42 Å². The summed E-state index contributed by atoms with van der Waals surface area (Å²) in [5.74, 6) is 0.295. The average molecular weight is 387 g/mol. The van der Waals surface area contributed by atoms with Gasteiger partial charge >= 0.3 is 5.97 Å². The number of hydrogen-bond donors (Lipinski definition) is 0. The van der Waals surface area contributed by atoms with Gasteiger partial charge in [-0.1, -0.05) is 88.0 Å². The summed E-state index contributed by atoms with van der Waals surface area (Å²) >= 11 is 0. The van der Waals surface area contributed by atoms with E-state index in [1.165, 1.54) is 12.8 Å². The van der Waals surface area contributed by atoms with Crippen molar-refractivity contribution in [3.05, 3.63) is 60.8 Å². The molecule has 0 spiro atoms. The Balaban J connectivity index is 3.58. The van der Waals surface area contributed by atoms with Gasteiger partial charge in [-0.15, -0.1) is 0 Å². The quantitative estimate of drug-likeness (QED) is 0.153. The summed E-state index contributed by atoms with van der Waals surface area (Å²) in [7, 11) is 0. The third kappa shape index (κ3) is 18.9. The number of hydrogen-bond acceptors (Lipinski definition) is 2. The zero-order valence-corrected chi connectivity index (χ0v) is 18.6. The molecule has 0 saturated heterocycles. The minimum atomic E-state index is -0.0796. The van der Waals surface area contributed by atoms with Crippen molar-refractivity contribution in [3.63, 3.8) is 0 Å². The molecule has 2 nitrogen and oxygen atoms in total. The van der Waals surface area contributed by atoms with Crippen LogP contribution in [0.25, 0.3) is 0 Å². The molecule has 28 heavy (non-hydrogen) atoms. The van der Waals surface area contributed by atoms with Gasteiger partial charge in [-0.3, -0.25) is 4.79 Å². The minimum Gasteiger partial charge on any atom is -0.462 e. The van der Waals surface area contributed by atoms with E-state index in [1.54, 1.807) is 0 Å². The van der Waals surface area contributed by atoms with E-state index in [0.717, 1.165) is 38.5 Å². The Hall–Kier alpha value is -1.83. The maximum atomic E-state index is 11.7. The molecule has 0 aromatic heterocycles. The van der Waals surface area contributed by atoms with E-state index in [0.29, 0.717) is 12.3 Å². The van der Waals surface area contributed by atoms with Crippen LogP contribution in [0.5, 0.6) is 0 Å². The van der Waals surface area contributed by atoms with Crippen molar-refractivity contribution in [2.24, 2.45) is 5.92 Å². The van der Waals surface area contributed by atoms with Gasteiger partial charge in [-0.25, -0.2) is 0 Å². The molecule has 0 saturated carbocycles. The highest BCUT2D eigenvalue weighted by atomic mass is 16.5. The normalized spacial score (nSPS) is 13.9. The first-order valence-corrected chi connectivity index (χ1v) is 11.0. The summed E-state index contributed by atoms with van der Waals surface area (Å²) < 4.78 is 5.36. The first kappa shape index (κ1) is 26.2. The van der Waals surface area contributed by atoms with Gasteiger partial charge in [0.2, 0.25) is 0 Å². The van der Waals surface area contributed by atoms with Crippen molar-refractivity contribution in [2.45, 2.75) is 91.6 Å². The standard InChI is InChI=1S/C26H42O2/c1-5-6-7-8-9-10-11-12-13-14-15-16-17-18-19-20-21-22-23-26(27)28-25(4)24(2)3/h7-8,10-11,13-14,16-17,19-20,24-25H,5-6,9,12,15,18,21-23H2,1-4H3/b8-7-,11-10-,14-13-,17-16-,20-19?. The lowest BCUT2D eigenvalue weighted by Gasteiger charge is -2.16. The van der Waals surface area contributed by atoms with Crippen molar-refractivity contribution in [1.29, 1.82) is 0 Å². The number of esters is 1. The predicted molar refractivity (Wildman–Crippen MR) is 123 cm³/mol. The molecule has 2 heteroatoms. The first-order chi connectivity index (χ1) is 13.6. The molecular formula is C26H42O2. The molecule has 0 N–H and O–H groups in total. The molecule has 0 amide bonds. The highest BCUT2D eigenvalue weighted by Crippen LogP contribution is 2.08. The van der Waals surface area contributed by atoms with Crippen LogP contribution in [0.3, 0.4) is 0 Å². The van der Waals surface area contributed by atoms with Crippen LogP contribution in [0.2, 0.25) is 0 Å². The van der Waals surface area contributed by atoms with Crippen LogP contribution in [-0.4, -0.2) is 12.1 Å². The lowest BCUT2D eigenvalue weighted by molar-refractivity contribution is -0.150. The number of unbranched alkanes of at least 4 members (excludes halogenated alkanes) is 2. The molecule has 0 aliphatic rings. The lowest BCUT2D eigenvalue weighted by atomic mass is 10.1. The molecule has 1 atom stereocenters. The fraction of sp³-hybridized carbons (Fsp3) is 0.577. The monoisotopic (exact) mass is 386 g/mol. The molecule has 0 aromatic rings. The van der Waals surface area contributed by atoms with Crippen molar-refractivity contribution in [3.8, 4) is 0 Å². The molecular weight excluding hydrogens is 344 g/mol. The maximum absolute atomic E-state index is 11.7. The summed E-state index contributed by atoms with van der Waals surface area (Å²) in [6.07, 6.45) is 30.7. The third-order valence-electron chi connectivity index (χ3n) is 4.39. The van der Waals surface area contributed by atoms with Crippen molar-refractivity contribution in [1.82, 2.24) is 0 Å². The van der Waals surface area contributed by atoms with Crippen molar-refractivity contribution in [2.75, 3.05) is 0 Å². The van der Waals surface area contributed by atoms with Crippen LogP contribution < -0.4 is 0 Å². The molecule has 0 fully saturated rings. The molecule has 0 heterocycles. The number of allylic oxidation sites excluding steroid dienone is 10. The van der Waals surface area contributed by atoms with Crippen LogP contribution in [0, 0.1) is 5.92 Å². The molecule has 0 aliphatic heterocycles. The predicted octanol–water partition coefficient (Wildman–Crippen LogP) is 7.89. The molecule has 0 aliphatic carbocycles. The third-order valence-corrected chi connectivity index (χ3v) is 4.39. The Morgan fingerprint density at radius 3 is 1.57 bits per heavy atom. The Bertz CT molecular complexity index is 507. The van der Waals surface area contributed by atoms with Crippen LogP contribution in [-0.2, 0) is 9.53 Å². The largest absolute Gasteiger partial charge is 0.462 e. The van der Waals surface area contributed by atoms with Crippen LogP contribution in [0.4, 0.5) is 0 Å². The molecule has 1 unspecified atom stereocenters. The van der Waals surface area contributed by atoms with E-state index in [4.69, 9.17) is 4.74 Å². The van der Waals surface area contributed by atoms with Gasteiger partial charge in [0.25, 0.3) is 0 Å². The highest BCUT2D eigenvalue weighted by Gasteiger charge is 2.11. The van der Waals surface area contributed by atoms with Gasteiger partial charge in [-0.05, 0) is 57.8 Å². The average Bonchev–Trinajstić information content (AvgIpc) is 2.66. The van der Waals surface area contributed by atoms with Crippen molar-refractivity contribution >= 4 is 5.97 Å². The summed E-state index contributed by atoms with van der Waals surface area (Å²) in [6.45, 7) is 8.28. The second kappa shape index (κ2) is 19.9. The summed E-state index contributed by atoms with van der Waals surface area (Å²) in [6, 6.07) is 0. The van der Waals surface area contributed by atoms with Crippen LogP contribution in [0.1, 0.15) is 85.5 Å². The van der Waals surface area contributed by atoms with E-state index in [9.17, 15) is 4.79 Å². The number of ether oxygens (including phenoxy) is 1. The Morgan fingerprint density at radius 1 is 0.714 bits per heavy atom. The van der Waals surface area contributed by atoms with Gasteiger partial charge < -0.3 is 4.74 Å². The summed E-state index contributed by atoms with van der Waals surface area (Å²) in [5.41, 5.74) is 0. The second-order valence-electron chi connectivity index (χ2n) is 7.42. The zero-order valence-electron chi connectivity index (χ0n) is 18.6. The fourth-order valence-corrected chi connectivity index (χ4v) is 2.25. The van der Waals surface area contributed by atoms with E-state index < -0.39 is 0 Å². The summed E-state index contributed by atoms with van der Waals surface area (Å²) in [5, 5.41) is 0. The van der Waals surface area contributed by atoms with E-state index in [-0.39, 0.29) is 12.1 Å². The molecule has 0 rings (SSSR count). The fourth-order valence-electron chi connectivity index (χ4n) is 2.25. The smallest absolute Gasteiger partial charge is 0.306 e. The molecule has 0 bridgehead atoms. The zero-order chi connectivity index (χ0) is 20.9. The number of carbonyl (C=O) groups is 1. The van der Waals surface area contributed by atoms with Crippen LogP contribution in [0.15, 0.2) is 60.8 Å². The SMILES string of the molecule is CCC/C=C\C/C=C\C/C=C\C/C=C\CC=CCCCC(=O)OC(C)C(C)C. The lowest BCUT2D eigenvalue weighted by Crippen LogP contribution is -2.19. The molecule has 0 radical (unpaired) electrons. The highest BCUT2D eigenvalue weighted by molar-refractivity contribution is 5.69. The van der Waals surface area contributed by atoms with E-state index >= 15 is 0 Å². The number of rotatable bonds is 16. The summed E-state index contributed by atoms with van der Waals surface area (Å²) in [4.78, 5) is 11.7. The Labute approximate surface area is 174 Å². The molecule has 0 aromatic carbocycles. The van der Waals surface area contributed by atoms with Gasteiger partial charge in [-0.2, -0.15) is 0 Å². The number of carbonyl (C=O) groups excluding carboxylic acids is 1. The topological polar surface area (TPSA) is 26.3 Å². The van der Waals surface area contributed by atoms with Gasteiger partial charge in [0.1, 0.15) is 6.10 Å². The van der Waals surface area contributed by atoms with E-state index in [2.05, 4.69) is 81.5 Å². The maximum Gasteiger partial charge on any atom is 0.306 e. The van der Waals surface area contributed by atoms with Gasteiger partial charge in [0.05, 0.1) is 0 Å². The second-order valence-corrected chi connectivity index (χ2v) is 7.42. The minimum absolute atomic E-state index is 0.00551. The van der Waals surface area contributed by atoms with Gasteiger partial charge in [0.15, 0.2) is 0 Å². The first-order valence-electron chi connectivity index (χ1n) is 11.0. The molecule has 158 valence electrons. The van der Waals surface area contributed by atoms with Crippen LogP contribution >= 0.6 is 0 Å².